The number of benzene rings is 6. The fourth-order valence-corrected chi connectivity index (χ4v) is 6.62. The second kappa shape index (κ2) is 10.2. The van der Waals surface area contributed by atoms with Crippen LogP contribution in [0.25, 0.3) is 77.5 Å². The molecule has 0 aliphatic rings. The molecule has 0 unspecified atom stereocenters. The van der Waals surface area contributed by atoms with Gasteiger partial charge in [-0.15, -0.1) is 0 Å². The molecule has 0 N–H and O–H groups in total. The van der Waals surface area contributed by atoms with Gasteiger partial charge in [0.05, 0.1) is 5.56 Å². The van der Waals surface area contributed by atoms with Crippen molar-refractivity contribution in [3.63, 3.8) is 0 Å². The van der Waals surface area contributed by atoms with Crippen LogP contribution in [0.15, 0.2) is 124 Å². The zero-order chi connectivity index (χ0) is 29.9. The summed E-state index contributed by atoms with van der Waals surface area (Å²) in [5, 5.41) is 4.51. The molecular weight excluding hydrogens is 538 g/mol. The van der Waals surface area contributed by atoms with Crippen LogP contribution in [0.4, 0.5) is 0 Å². The molecule has 3 heteroatoms. The Morgan fingerprint density at radius 2 is 1.18 bits per heavy atom. The Bertz CT molecular complexity index is 2310. The summed E-state index contributed by atoms with van der Waals surface area (Å²) in [7, 11) is 0. The molecular formula is C41H33NO2. The van der Waals surface area contributed by atoms with Crippen molar-refractivity contribution >= 4 is 43.8 Å². The van der Waals surface area contributed by atoms with Crippen molar-refractivity contribution in [1.29, 1.82) is 0 Å². The van der Waals surface area contributed by atoms with Crippen molar-refractivity contribution in [2.24, 2.45) is 0 Å². The summed E-state index contributed by atoms with van der Waals surface area (Å²) in [6.45, 7) is 9.09. The standard InChI is InChI=1S/C41H33NO2/c1-24(2)33-21-29(26-12-6-5-7-13-26)22-34(25(3)4)38(33)31-17-11-19-36-40(31)44-41(42-36)32-18-10-16-30-35-20-27-14-8-9-15-28(27)23-37(35)43-39(30)32/h5-25H,1-4H3. The summed E-state index contributed by atoms with van der Waals surface area (Å²) in [5.74, 6) is 1.21. The summed E-state index contributed by atoms with van der Waals surface area (Å²) >= 11 is 0. The molecule has 0 radical (unpaired) electrons. The van der Waals surface area contributed by atoms with Crippen molar-refractivity contribution < 1.29 is 8.83 Å². The molecule has 0 saturated heterocycles. The van der Waals surface area contributed by atoms with Crippen molar-refractivity contribution in [1.82, 2.24) is 4.98 Å². The first kappa shape index (κ1) is 26.5. The fourth-order valence-electron chi connectivity index (χ4n) is 6.62. The van der Waals surface area contributed by atoms with Crippen molar-refractivity contribution in [3.05, 3.63) is 126 Å². The molecule has 2 aromatic heterocycles. The van der Waals surface area contributed by atoms with Gasteiger partial charge in [-0.05, 0) is 74.7 Å². The lowest BCUT2D eigenvalue weighted by atomic mass is 9.82. The smallest absolute Gasteiger partial charge is 0.231 e. The Morgan fingerprint density at radius 3 is 1.91 bits per heavy atom. The molecule has 0 spiro atoms. The van der Waals surface area contributed by atoms with Crippen LogP contribution in [-0.4, -0.2) is 4.98 Å². The largest absolute Gasteiger partial charge is 0.455 e. The zero-order valence-corrected chi connectivity index (χ0v) is 25.4. The first-order valence-electron chi connectivity index (χ1n) is 15.4. The molecule has 6 aromatic carbocycles. The molecule has 214 valence electrons. The SMILES string of the molecule is CC(C)c1cc(-c2ccccc2)cc(C(C)C)c1-c1cccc2nc(-c3cccc4c3oc3cc5ccccc5cc34)oc12. The number of oxazole rings is 1. The van der Waals surface area contributed by atoms with Crippen LogP contribution in [0.3, 0.4) is 0 Å². The number of hydrogen-bond donors (Lipinski definition) is 0. The minimum Gasteiger partial charge on any atom is -0.455 e. The summed E-state index contributed by atoms with van der Waals surface area (Å²) in [5.41, 5.74) is 11.6. The van der Waals surface area contributed by atoms with Crippen LogP contribution in [0.1, 0.15) is 50.7 Å². The lowest BCUT2D eigenvalue weighted by Gasteiger charge is -2.22. The van der Waals surface area contributed by atoms with Gasteiger partial charge in [0.25, 0.3) is 0 Å². The Labute approximate surface area is 256 Å². The number of hydrogen-bond acceptors (Lipinski definition) is 3. The van der Waals surface area contributed by atoms with Gasteiger partial charge in [-0.25, -0.2) is 4.98 Å². The molecule has 0 aliphatic heterocycles. The van der Waals surface area contributed by atoms with Crippen LogP contribution in [-0.2, 0) is 0 Å². The predicted molar refractivity (Wildman–Crippen MR) is 183 cm³/mol. The molecule has 0 atom stereocenters. The fraction of sp³-hybridized carbons (Fsp3) is 0.146. The van der Waals surface area contributed by atoms with E-state index in [9.17, 15) is 0 Å². The Kier molecular flexibility index (Phi) is 6.16. The van der Waals surface area contributed by atoms with E-state index >= 15 is 0 Å². The van der Waals surface area contributed by atoms with Crippen molar-refractivity contribution in [2.45, 2.75) is 39.5 Å². The summed E-state index contributed by atoms with van der Waals surface area (Å²) in [6, 6.07) is 40.6. The maximum absolute atomic E-state index is 6.73. The average Bonchev–Trinajstić information content (AvgIpc) is 3.64. The quantitative estimate of drug-likeness (QED) is 0.206. The summed E-state index contributed by atoms with van der Waals surface area (Å²) < 4.78 is 13.2. The molecule has 0 fully saturated rings. The highest BCUT2D eigenvalue weighted by molar-refractivity contribution is 6.13. The Hall–Kier alpha value is -5.15. The second-order valence-corrected chi connectivity index (χ2v) is 12.4. The molecule has 0 aliphatic carbocycles. The van der Waals surface area contributed by atoms with Crippen molar-refractivity contribution in [3.8, 4) is 33.7 Å². The molecule has 0 saturated carbocycles. The first-order chi connectivity index (χ1) is 21.5. The van der Waals surface area contributed by atoms with Gasteiger partial charge in [-0.1, -0.05) is 119 Å². The topological polar surface area (TPSA) is 39.2 Å². The summed E-state index contributed by atoms with van der Waals surface area (Å²) in [4.78, 5) is 5.03. The average molecular weight is 572 g/mol. The zero-order valence-electron chi connectivity index (χ0n) is 25.4. The number of para-hydroxylation sites is 2. The third kappa shape index (κ3) is 4.23. The van der Waals surface area contributed by atoms with Gasteiger partial charge >= 0.3 is 0 Å². The first-order valence-corrected chi connectivity index (χ1v) is 15.4. The number of nitrogens with zero attached hydrogens (tertiary/aromatic N) is 1. The van der Waals surface area contributed by atoms with E-state index in [-0.39, 0.29) is 0 Å². The van der Waals surface area contributed by atoms with E-state index in [1.54, 1.807) is 0 Å². The van der Waals surface area contributed by atoms with Gasteiger partial charge in [-0.3, -0.25) is 0 Å². The molecule has 8 rings (SSSR count). The van der Waals surface area contributed by atoms with Crippen LogP contribution < -0.4 is 0 Å². The van der Waals surface area contributed by atoms with Gasteiger partial charge in [0.1, 0.15) is 16.7 Å². The maximum atomic E-state index is 6.73. The van der Waals surface area contributed by atoms with E-state index in [2.05, 4.69) is 131 Å². The highest BCUT2D eigenvalue weighted by atomic mass is 16.4. The summed E-state index contributed by atoms with van der Waals surface area (Å²) in [6.07, 6.45) is 0. The lowest BCUT2D eigenvalue weighted by Crippen LogP contribution is -2.01. The molecule has 0 amide bonds. The van der Waals surface area contributed by atoms with E-state index in [4.69, 9.17) is 13.8 Å². The molecule has 2 heterocycles. The molecule has 8 aromatic rings. The number of rotatable bonds is 5. The number of furan rings is 1. The van der Waals surface area contributed by atoms with Gasteiger partial charge in [0.15, 0.2) is 5.58 Å². The molecule has 44 heavy (non-hydrogen) atoms. The third-order valence-corrected chi connectivity index (χ3v) is 8.83. The van der Waals surface area contributed by atoms with E-state index in [1.165, 1.54) is 33.2 Å². The second-order valence-electron chi connectivity index (χ2n) is 12.4. The molecule has 3 nitrogen and oxygen atoms in total. The number of fused-ring (bicyclic) bond motifs is 5. The van der Waals surface area contributed by atoms with E-state index in [1.807, 2.05) is 12.1 Å². The van der Waals surface area contributed by atoms with Gasteiger partial charge in [-0.2, -0.15) is 0 Å². The van der Waals surface area contributed by atoms with E-state index in [0.717, 1.165) is 49.6 Å². The normalized spacial score (nSPS) is 12.0. The highest BCUT2D eigenvalue weighted by Gasteiger charge is 2.23. The predicted octanol–water partition coefficient (Wildman–Crippen LogP) is 12.1. The van der Waals surface area contributed by atoms with Crippen LogP contribution in [0.2, 0.25) is 0 Å². The minimum absolute atomic E-state index is 0.323. The maximum Gasteiger partial charge on any atom is 0.231 e. The van der Waals surface area contributed by atoms with Gasteiger partial charge in [0.2, 0.25) is 5.89 Å². The van der Waals surface area contributed by atoms with Gasteiger partial charge < -0.3 is 8.83 Å². The Morgan fingerprint density at radius 1 is 0.523 bits per heavy atom. The van der Waals surface area contributed by atoms with Crippen molar-refractivity contribution in [2.75, 3.05) is 0 Å². The lowest BCUT2D eigenvalue weighted by molar-refractivity contribution is 0.616. The van der Waals surface area contributed by atoms with Crippen LogP contribution in [0.5, 0.6) is 0 Å². The molecule has 0 bridgehead atoms. The van der Waals surface area contributed by atoms with Crippen LogP contribution >= 0.6 is 0 Å². The Balaban J connectivity index is 1.34. The van der Waals surface area contributed by atoms with Crippen LogP contribution in [0, 0.1) is 0 Å². The highest BCUT2D eigenvalue weighted by Crippen LogP contribution is 2.44. The minimum atomic E-state index is 0.323. The number of aromatic nitrogens is 1. The van der Waals surface area contributed by atoms with Gasteiger partial charge in [0, 0.05) is 16.3 Å². The van der Waals surface area contributed by atoms with E-state index in [0.29, 0.717) is 17.7 Å². The monoisotopic (exact) mass is 571 g/mol. The van der Waals surface area contributed by atoms with E-state index < -0.39 is 0 Å². The third-order valence-electron chi connectivity index (χ3n) is 8.83.